The minimum Gasteiger partial charge on any atom is -0.383 e. The number of methoxy groups -OCH3 is 2. The summed E-state index contributed by atoms with van der Waals surface area (Å²) in [7, 11) is 3.17. The van der Waals surface area contributed by atoms with Crippen molar-refractivity contribution in [2.24, 2.45) is 5.92 Å². The molecule has 3 rings (SSSR count). The number of ether oxygens (including phenoxy) is 2. The normalized spacial score (nSPS) is 19.8. The molecule has 1 aliphatic rings. The SMILES string of the molecule is COC(Cc1c(N)ncnc1-c1cnn(C2CCC(C=CC#N)C2)c1)OC. The maximum Gasteiger partial charge on any atom is 0.161 e. The molecule has 2 atom stereocenters. The number of aromatic nitrogens is 4. The van der Waals surface area contributed by atoms with E-state index in [9.17, 15) is 0 Å². The van der Waals surface area contributed by atoms with Crippen molar-refractivity contribution < 1.29 is 9.47 Å². The molecule has 1 fully saturated rings. The van der Waals surface area contributed by atoms with Crippen LogP contribution in [0.25, 0.3) is 11.3 Å². The summed E-state index contributed by atoms with van der Waals surface area (Å²) in [5, 5.41) is 13.2. The predicted octanol–water partition coefficient (Wildman–Crippen LogP) is 2.50. The second kappa shape index (κ2) is 8.75. The predicted molar refractivity (Wildman–Crippen MR) is 100 cm³/mol. The fourth-order valence-corrected chi connectivity index (χ4v) is 3.55. The Balaban J connectivity index is 1.82. The molecular weight excluding hydrogens is 344 g/mol. The van der Waals surface area contributed by atoms with Gasteiger partial charge in [0.1, 0.15) is 12.1 Å². The van der Waals surface area contributed by atoms with Crippen molar-refractivity contribution in [1.82, 2.24) is 19.7 Å². The fraction of sp³-hybridized carbons (Fsp3) is 0.474. The van der Waals surface area contributed by atoms with Crippen molar-refractivity contribution >= 4 is 5.82 Å². The number of nitriles is 1. The third-order valence-electron chi connectivity index (χ3n) is 5.01. The van der Waals surface area contributed by atoms with Gasteiger partial charge in [-0.25, -0.2) is 9.97 Å². The first-order chi connectivity index (χ1) is 13.2. The molecule has 2 unspecified atom stereocenters. The van der Waals surface area contributed by atoms with Gasteiger partial charge in [-0.15, -0.1) is 0 Å². The lowest BCUT2D eigenvalue weighted by Gasteiger charge is -2.16. The molecule has 0 aliphatic heterocycles. The molecule has 27 heavy (non-hydrogen) atoms. The van der Waals surface area contributed by atoms with Gasteiger partial charge in [-0.3, -0.25) is 4.68 Å². The first kappa shape index (κ1) is 19.0. The van der Waals surface area contributed by atoms with Gasteiger partial charge in [0, 0.05) is 44.0 Å². The Morgan fingerprint density at radius 1 is 1.37 bits per heavy atom. The Morgan fingerprint density at radius 2 is 2.19 bits per heavy atom. The molecule has 2 aromatic rings. The zero-order valence-electron chi connectivity index (χ0n) is 15.6. The topological polar surface area (TPSA) is 112 Å². The van der Waals surface area contributed by atoms with Crippen LogP contribution >= 0.6 is 0 Å². The molecule has 2 aromatic heterocycles. The number of nitrogens with zero attached hydrogens (tertiary/aromatic N) is 5. The van der Waals surface area contributed by atoms with E-state index in [0.29, 0.717) is 24.2 Å². The second-order valence-electron chi connectivity index (χ2n) is 6.62. The van der Waals surface area contributed by atoms with Crippen molar-refractivity contribution in [3.8, 4) is 17.3 Å². The summed E-state index contributed by atoms with van der Waals surface area (Å²) in [6.07, 6.45) is 11.9. The molecule has 8 heteroatoms. The first-order valence-electron chi connectivity index (χ1n) is 8.92. The smallest absolute Gasteiger partial charge is 0.161 e. The van der Waals surface area contributed by atoms with Crippen LogP contribution < -0.4 is 5.73 Å². The standard InChI is InChI=1S/C19H24N6O2/c1-26-17(27-2)9-16-18(22-12-23-19(16)21)14-10-24-25(11-14)15-6-5-13(8-15)4-3-7-20/h3-4,10-13,15,17H,5-6,8-9H2,1-2H3,(H2,21,22,23). The fourth-order valence-electron chi connectivity index (χ4n) is 3.55. The largest absolute Gasteiger partial charge is 0.383 e. The number of anilines is 1. The lowest BCUT2D eigenvalue weighted by Crippen LogP contribution is -2.18. The average molecular weight is 368 g/mol. The van der Waals surface area contributed by atoms with Crippen LogP contribution in [-0.2, 0) is 15.9 Å². The molecule has 2 N–H and O–H groups in total. The van der Waals surface area contributed by atoms with E-state index in [2.05, 4.69) is 21.1 Å². The van der Waals surface area contributed by atoms with Crippen LogP contribution in [0.3, 0.4) is 0 Å². The van der Waals surface area contributed by atoms with Gasteiger partial charge in [-0.2, -0.15) is 10.4 Å². The molecule has 0 aromatic carbocycles. The zero-order valence-corrected chi connectivity index (χ0v) is 15.6. The van der Waals surface area contributed by atoms with E-state index in [4.69, 9.17) is 20.5 Å². The second-order valence-corrected chi connectivity index (χ2v) is 6.62. The highest BCUT2D eigenvalue weighted by atomic mass is 16.7. The van der Waals surface area contributed by atoms with E-state index >= 15 is 0 Å². The van der Waals surface area contributed by atoms with Crippen molar-refractivity contribution in [3.63, 3.8) is 0 Å². The van der Waals surface area contributed by atoms with Gasteiger partial charge < -0.3 is 15.2 Å². The van der Waals surface area contributed by atoms with E-state index < -0.39 is 6.29 Å². The molecule has 1 saturated carbocycles. The van der Waals surface area contributed by atoms with E-state index in [1.807, 2.05) is 17.0 Å². The molecule has 0 spiro atoms. The molecule has 142 valence electrons. The number of nitrogen functional groups attached to an aromatic ring is 1. The van der Waals surface area contributed by atoms with Crippen molar-refractivity contribution in [2.75, 3.05) is 20.0 Å². The Hall–Kier alpha value is -2.76. The van der Waals surface area contributed by atoms with Crippen molar-refractivity contribution in [1.29, 1.82) is 5.26 Å². The highest BCUT2D eigenvalue weighted by Gasteiger charge is 2.25. The van der Waals surface area contributed by atoms with Crippen LogP contribution in [0, 0.1) is 17.2 Å². The maximum absolute atomic E-state index is 8.69. The monoisotopic (exact) mass is 368 g/mol. The highest BCUT2D eigenvalue weighted by molar-refractivity contribution is 5.66. The minimum atomic E-state index is -0.422. The molecule has 1 aliphatic carbocycles. The van der Waals surface area contributed by atoms with Crippen molar-refractivity contribution in [2.45, 2.75) is 38.0 Å². The molecule has 0 saturated heterocycles. The zero-order chi connectivity index (χ0) is 19.2. The van der Waals surface area contributed by atoms with E-state index in [1.165, 1.54) is 6.33 Å². The number of nitrogens with two attached hydrogens (primary N) is 1. The van der Waals surface area contributed by atoms with Crippen molar-refractivity contribution in [3.05, 3.63) is 36.4 Å². The summed E-state index contributed by atoms with van der Waals surface area (Å²) in [6.45, 7) is 0. The summed E-state index contributed by atoms with van der Waals surface area (Å²) in [6, 6.07) is 2.38. The Morgan fingerprint density at radius 3 is 2.93 bits per heavy atom. The number of rotatable bonds is 7. The number of allylic oxidation sites excluding steroid dienone is 2. The average Bonchev–Trinajstić information content (AvgIpc) is 3.34. The summed E-state index contributed by atoms with van der Waals surface area (Å²) in [5.41, 5.74) is 8.50. The Kier molecular flexibility index (Phi) is 6.16. The number of hydrogen-bond acceptors (Lipinski definition) is 7. The van der Waals surface area contributed by atoms with Crippen LogP contribution in [0.4, 0.5) is 5.82 Å². The molecular formula is C19H24N6O2. The first-order valence-corrected chi connectivity index (χ1v) is 8.92. The van der Waals surface area contributed by atoms with Gasteiger partial charge in [0.2, 0.25) is 0 Å². The summed E-state index contributed by atoms with van der Waals surface area (Å²) in [5.74, 6) is 0.839. The van der Waals surface area contributed by atoms with Gasteiger partial charge in [-0.05, 0) is 25.2 Å². The van der Waals surface area contributed by atoms with Gasteiger partial charge in [-0.1, -0.05) is 6.08 Å². The van der Waals surface area contributed by atoms with Crippen LogP contribution in [0.5, 0.6) is 0 Å². The molecule has 0 amide bonds. The lowest BCUT2D eigenvalue weighted by molar-refractivity contribution is -0.100. The van der Waals surface area contributed by atoms with Gasteiger partial charge in [0.25, 0.3) is 0 Å². The third-order valence-corrected chi connectivity index (χ3v) is 5.01. The quantitative estimate of drug-likeness (QED) is 0.590. The van der Waals surface area contributed by atoms with Gasteiger partial charge in [0.15, 0.2) is 6.29 Å². The molecule has 8 nitrogen and oxygen atoms in total. The Labute approximate surface area is 158 Å². The summed E-state index contributed by atoms with van der Waals surface area (Å²) in [4.78, 5) is 8.53. The van der Waals surface area contributed by atoms with E-state index in [0.717, 1.165) is 36.1 Å². The lowest BCUT2D eigenvalue weighted by atomic mass is 10.1. The van der Waals surface area contributed by atoms with E-state index in [-0.39, 0.29) is 0 Å². The summed E-state index contributed by atoms with van der Waals surface area (Å²) >= 11 is 0. The third kappa shape index (κ3) is 4.32. The Bertz CT molecular complexity index is 837. The van der Waals surface area contributed by atoms with Crippen LogP contribution in [0.2, 0.25) is 0 Å². The molecule has 0 radical (unpaired) electrons. The van der Waals surface area contributed by atoms with Crippen LogP contribution in [0.15, 0.2) is 30.9 Å². The minimum absolute atomic E-state index is 0.320. The van der Waals surface area contributed by atoms with Crippen LogP contribution in [0.1, 0.15) is 30.9 Å². The van der Waals surface area contributed by atoms with E-state index in [1.54, 1.807) is 26.5 Å². The van der Waals surface area contributed by atoms with Gasteiger partial charge >= 0.3 is 0 Å². The molecule has 2 heterocycles. The van der Waals surface area contributed by atoms with Gasteiger partial charge in [0.05, 0.1) is 24.0 Å². The number of hydrogen-bond donors (Lipinski definition) is 1. The maximum atomic E-state index is 8.69. The summed E-state index contributed by atoms with van der Waals surface area (Å²) < 4.78 is 12.6. The molecule has 0 bridgehead atoms. The van der Waals surface area contributed by atoms with Crippen LogP contribution in [-0.4, -0.2) is 40.3 Å². The highest BCUT2D eigenvalue weighted by Crippen LogP contribution is 2.36.